The summed E-state index contributed by atoms with van der Waals surface area (Å²) in [6.07, 6.45) is 7.54. The van der Waals surface area contributed by atoms with Gasteiger partial charge >= 0.3 is 0 Å². The summed E-state index contributed by atoms with van der Waals surface area (Å²) in [5.41, 5.74) is 0.385. The molecular formula is C16H27IO2. The first kappa shape index (κ1) is 17.0. The van der Waals surface area contributed by atoms with Gasteiger partial charge in [-0.2, -0.15) is 0 Å². The molecule has 0 aliphatic heterocycles. The number of carbonyl (C=O) groups is 1. The number of hydrogen-bond donors (Lipinski definition) is 1. The van der Waals surface area contributed by atoms with Crippen LogP contribution in [0, 0.1) is 17.3 Å². The minimum absolute atomic E-state index is 0.132. The molecule has 3 heteroatoms. The Balaban J connectivity index is 2.58. The van der Waals surface area contributed by atoms with Crippen molar-refractivity contribution in [3.05, 3.63) is 11.8 Å². The van der Waals surface area contributed by atoms with E-state index in [1.807, 2.05) is 0 Å². The molecule has 110 valence electrons. The van der Waals surface area contributed by atoms with Gasteiger partial charge in [0.05, 0.1) is 5.76 Å². The van der Waals surface area contributed by atoms with E-state index in [0.717, 1.165) is 43.0 Å². The third-order valence-electron chi connectivity index (χ3n) is 4.40. The second-order valence-corrected chi connectivity index (χ2v) is 7.57. The Kier molecular flexibility index (Phi) is 6.84. The van der Waals surface area contributed by atoms with E-state index in [9.17, 15) is 9.90 Å². The van der Waals surface area contributed by atoms with Crippen molar-refractivity contribution >= 4 is 28.4 Å². The van der Waals surface area contributed by atoms with E-state index in [4.69, 9.17) is 0 Å². The fraction of sp³-hybridized carbons (Fsp3) is 0.812. The molecule has 1 unspecified atom stereocenters. The first-order chi connectivity index (χ1) is 8.89. The zero-order chi connectivity index (χ0) is 14.5. The van der Waals surface area contributed by atoms with Crippen LogP contribution in [0.3, 0.4) is 0 Å². The summed E-state index contributed by atoms with van der Waals surface area (Å²) in [6, 6.07) is 0. The average Bonchev–Trinajstić information content (AvgIpc) is 2.35. The minimum Gasteiger partial charge on any atom is -0.512 e. The number of ketones is 1. The fourth-order valence-corrected chi connectivity index (χ4v) is 3.51. The molecule has 0 spiro atoms. The van der Waals surface area contributed by atoms with Gasteiger partial charge in [0, 0.05) is 22.3 Å². The molecule has 2 nitrogen and oxygen atoms in total. The number of rotatable bonds is 6. The van der Waals surface area contributed by atoms with Crippen molar-refractivity contribution in [1.29, 1.82) is 0 Å². The van der Waals surface area contributed by atoms with Crippen LogP contribution in [0.1, 0.15) is 59.3 Å². The summed E-state index contributed by atoms with van der Waals surface area (Å²) in [5, 5.41) is 10.1. The third-order valence-corrected chi connectivity index (χ3v) is 5.02. The number of halogens is 1. The highest BCUT2D eigenvalue weighted by molar-refractivity contribution is 14.1. The number of aliphatic hydroxyl groups excluding tert-OH is 1. The normalized spacial score (nSPS) is 22.2. The van der Waals surface area contributed by atoms with Crippen LogP contribution in [0.5, 0.6) is 0 Å². The van der Waals surface area contributed by atoms with E-state index in [1.165, 1.54) is 6.08 Å². The molecule has 1 N–H and O–H groups in total. The molecular weight excluding hydrogens is 351 g/mol. The van der Waals surface area contributed by atoms with Gasteiger partial charge in [-0.25, -0.2) is 0 Å². The quantitative estimate of drug-likeness (QED) is 0.303. The van der Waals surface area contributed by atoms with Crippen LogP contribution in [-0.4, -0.2) is 15.3 Å². The summed E-state index contributed by atoms with van der Waals surface area (Å²) < 4.78 is 1.01. The largest absolute Gasteiger partial charge is 0.512 e. The molecule has 0 aromatic rings. The lowest BCUT2D eigenvalue weighted by atomic mass is 9.72. The minimum atomic E-state index is 0.132. The van der Waals surface area contributed by atoms with Crippen molar-refractivity contribution in [2.24, 2.45) is 17.3 Å². The molecule has 1 aliphatic carbocycles. The van der Waals surface area contributed by atoms with E-state index in [-0.39, 0.29) is 17.6 Å². The molecule has 0 aromatic carbocycles. The summed E-state index contributed by atoms with van der Waals surface area (Å²) >= 11 is 2.32. The summed E-state index contributed by atoms with van der Waals surface area (Å²) in [5.74, 6) is 0.724. The number of aliphatic hydroxyl groups is 1. The smallest absolute Gasteiger partial charge is 0.162 e. The van der Waals surface area contributed by atoms with Crippen LogP contribution in [0.4, 0.5) is 0 Å². The molecule has 1 saturated carbocycles. The molecule has 19 heavy (non-hydrogen) atoms. The van der Waals surface area contributed by atoms with Gasteiger partial charge in [0.1, 0.15) is 0 Å². The predicted molar refractivity (Wildman–Crippen MR) is 88.7 cm³/mol. The number of allylic oxidation sites excluding steroid dienone is 2. The Hall–Kier alpha value is -0.0600. The highest BCUT2D eigenvalue weighted by atomic mass is 127. The zero-order valence-corrected chi connectivity index (χ0v) is 14.6. The van der Waals surface area contributed by atoms with E-state index < -0.39 is 0 Å². The topological polar surface area (TPSA) is 37.3 Å². The third kappa shape index (κ3) is 5.44. The highest BCUT2D eigenvalue weighted by Gasteiger charge is 2.30. The molecule has 1 atom stereocenters. The Morgan fingerprint density at radius 2 is 2.00 bits per heavy atom. The van der Waals surface area contributed by atoms with Gasteiger partial charge in [-0.3, -0.25) is 4.79 Å². The lowest BCUT2D eigenvalue weighted by Gasteiger charge is -2.33. The first-order valence-electron chi connectivity index (χ1n) is 7.40. The predicted octanol–water partition coefficient (Wildman–Crippen LogP) is 5.07. The van der Waals surface area contributed by atoms with Gasteiger partial charge in [0.25, 0.3) is 0 Å². The molecule has 1 fully saturated rings. The van der Waals surface area contributed by atoms with Crippen LogP contribution >= 0.6 is 22.6 Å². The van der Waals surface area contributed by atoms with Crippen molar-refractivity contribution in [1.82, 2.24) is 0 Å². The van der Waals surface area contributed by atoms with Crippen molar-refractivity contribution in [2.45, 2.75) is 59.3 Å². The van der Waals surface area contributed by atoms with E-state index in [2.05, 4.69) is 43.4 Å². The summed E-state index contributed by atoms with van der Waals surface area (Å²) in [7, 11) is 0. The van der Waals surface area contributed by atoms with Crippen LogP contribution in [-0.2, 0) is 4.79 Å². The molecule has 1 aliphatic rings. The van der Waals surface area contributed by atoms with Crippen molar-refractivity contribution in [2.75, 3.05) is 4.43 Å². The summed E-state index contributed by atoms with van der Waals surface area (Å²) in [6.45, 7) is 6.61. The molecule has 0 saturated heterocycles. The standard InChI is InChI=1S/C16H27IO2/c1-4-12(7-10-17)14(18)11-15(19)13-5-8-16(2,3)9-6-13/h11-13,18H,4-10H2,1-3H3. The van der Waals surface area contributed by atoms with Crippen LogP contribution in [0.2, 0.25) is 0 Å². The Morgan fingerprint density at radius 1 is 1.42 bits per heavy atom. The number of alkyl halides is 1. The van der Waals surface area contributed by atoms with Gasteiger partial charge < -0.3 is 5.11 Å². The zero-order valence-electron chi connectivity index (χ0n) is 12.4. The fourth-order valence-electron chi connectivity index (χ4n) is 2.76. The maximum atomic E-state index is 12.2. The van der Waals surface area contributed by atoms with Gasteiger partial charge in [0.2, 0.25) is 0 Å². The van der Waals surface area contributed by atoms with Crippen molar-refractivity contribution in [3.63, 3.8) is 0 Å². The first-order valence-corrected chi connectivity index (χ1v) is 8.92. The summed E-state index contributed by atoms with van der Waals surface area (Å²) in [4.78, 5) is 12.2. The number of carbonyl (C=O) groups excluding carboxylic acids is 1. The van der Waals surface area contributed by atoms with E-state index >= 15 is 0 Å². The second kappa shape index (κ2) is 7.65. The Labute approximate surface area is 131 Å². The Bertz CT molecular complexity index is 324. The number of hydrogen-bond acceptors (Lipinski definition) is 2. The second-order valence-electron chi connectivity index (χ2n) is 6.49. The van der Waals surface area contributed by atoms with E-state index in [1.54, 1.807) is 0 Å². The van der Waals surface area contributed by atoms with Crippen LogP contribution in [0.25, 0.3) is 0 Å². The lowest BCUT2D eigenvalue weighted by Crippen LogP contribution is -2.25. The molecule has 0 amide bonds. The molecule has 0 heterocycles. The molecule has 1 rings (SSSR count). The maximum absolute atomic E-state index is 12.2. The monoisotopic (exact) mass is 378 g/mol. The van der Waals surface area contributed by atoms with Crippen molar-refractivity contribution in [3.8, 4) is 0 Å². The maximum Gasteiger partial charge on any atom is 0.162 e. The van der Waals surface area contributed by atoms with Gasteiger partial charge in [-0.1, -0.05) is 43.4 Å². The van der Waals surface area contributed by atoms with Gasteiger partial charge in [-0.05, 0) is 43.9 Å². The SMILES string of the molecule is CCC(CCI)C(O)=CC(=O)C1CCC(C)(C)CC1. The van der Waals surface area contributed by atoms with Crippen LogP contribution in [0.15, 0.2) is 11.8 Å². The molecule has 0 aromatic heterocycles. The molecule has 0 bridgehead atoms. The van der Waals surface area contributed by atoms with Gasteiger partial charge in [-0.15, -0.1) is 0 Å². The van der Waals surface area contributed by atoms with E-state index in [0.29, 0.717) is 11.2 Å². The highest BCUT2D eigenvalue weighted by Crippen LogP contribution is 2.38. The van der Waals surface area contributed by atoms with Crippen molar-refractivity contribution < 1.29 is 9.90 Å². The van der Waals surface area contributed by atoms with Crippen LogP contribution < -0.4 is 0 Å². The molecule has 0 radical (unpaired) electrons. The van der Waals surface area contributed by atoms with Gasteiger partial charge in [0.15, 0.2) is 5.78 Å². The Morgan fingerprint density at radius 3 is 2.47 bits per heavy atom. The lowest BCUT2D eigenvalue weighted by molar-refractivity contribution is -0.119. The average molecular weight is 378 g/mol.